The Balaban J connectivity index is 3.20. The highest BCUT2D eigenvalue weighted by Gasteiger charge is 2.07. The molecule has 0 aromatic rings. The van der Waals surface area contributed by atoms with Crippen molar-refractivity contribution in [3.05, 3.63) is 0 Å². The Morgan fingerprint density at radius 3 is 2.17 bits per heavy atom. The van der Waals surface area contributed by atoms with E-state index in [1.165, 1.54) is 6.42 Å². The van der Waals surface area contributed by atoms with Gasteiger partial charge in [0.25, 0.3) is 0 Å². The molecule has 0 aliphatic carbocycles. The molecular weight excluding hydrogens is 152 g/mol. The third kappa shape index (κ3) is 6.62. The van der Waals surface area contributed by atoms with Crippen molar-refractivity contribution >= 4 is 0 Å². The maximum absolute atomic E-state index is 9.10. The zero-order valence-electron chi connectivity index (χ0n) is 8.71. The first-order valence-electron chi connectivity index (χ1n) is 4.83. The summed E-state index contributed by atoms with van der Waals surface area (Å²) in [6, 6.07) is 0. The lowest BCUT2D eigenvalue weighted by Crippen LogP contribution is -2.23. The lowest BCUT2D eigenvalue weighted by atomic mass is 10.1. The first-order chi connectivity index (χ1) is 5.54. The van der Waals surface area contributed by atoms with Crippen LogP contribution in [0.2, 0.25) is 0 Å². The van der Waals surface area contributed by atoms with Crippen molar-refractivity contribution in [1.82, 2.24) is 0 Å². The van der Waals surface area contributed by atoms with Gasteiger partial charge in [0.05, 0.1) is 12.2 Å². The van der Waals surface area contributed by atoms with Crippen molar-refractivity contribution in [2.45, 2.75) is 52.7 Å². The van der Waals surface area contributed by atoms with Crippen LogP contribution in [0.3, 0.4) is 0 Å². The van der Waals surface area contributed by atoms with Crippen LogP contribution in [0, 0.1) is 5.92 Å². The molecule has 74 valence electrons. The van der Waals surface area contributed by atoms with Gasteiger partial charge in [-0.1, -0.05) is 13.8 Å². The second-order valence-corrected chi connectivity index (χ2v) is 3.85. The predicted molar refractivity (Wildman–Crippen MR) is 51.2 cm³/mol. The van der Waals surface area contributed by atoms with Crippen molar-refractivity contribution in [2.24, 2.45) is 5.92 Å². The molecule has 0 aliphatic heterocycles. The normalized spacial score (nSPS) is 16.5. The molecule has 1 N–H and O–H groups in total. The Hall–Kier alpha value is -0.0800. The van der Waals surface area contributed by atoms with Gasteiger partial charge in [0, 0.05) is 6.61 Å². The van der Waals surface area contributed by atoms with E-state index in [2.05, 4.69) is 13.8 Å². The third-order valence-corrected chi connectivity index (χ3v) is 1.99. The van der Waals surface area contributed by atoms with Crippen LogP contribution in [0.5, 0.6) is 0 Å². The number of rotatable bonds is 6. The molecule has 0 amide bonds. The number of aliphatic hydroxyl groups is 1. The number of hydrogen-bond acceptors (Lipinski definition) is 2. The van der Waals surface area contributed by atoms with Crippen molar-refractivity contribution in [3.63, 3.8) is 0 Å². The van der Waals surface area contributed by atoms with Gasteiger partial charge in [-0.2, -0.15) is 0 Å². The molecule has 0 spiro atoms. The quantitative estimate of drug-likeness (QED) is 0.626. The molecule has 0 aromatic carbocycles. The molecule has 0 heterocycles. The fourth-order valence-corrected chi connectivity index (χ4v) is 0.900. The fourth-order valence-electron chi connectivity index (χ4n) is 0.900. The van der Waals surface area contributed by atoms with Crippen LogP contribution in [0.1, 0.15) is 40.5 Å². The topological polar surface area (TPSA) is 29.5 Å². The van der Waals surface area contributed by atoms with Crippen molar-refractivity contribution in [1.29, 1.82) is 0 Å². The summed E-state index contributed by atoms with van der Waals surface area (Å²) >= 11 is 0. The fraction of sp³-hybridized carbons (Fsp3) is 1.00. The Bertz CT molecular complexity index is 100. The molecule has 2 heteroatoms. The van der Waals surface area contributed by atoms with Gasteiger partial charge in [0.15, 0.2) is 0 Å². The Kier molecular flexibility index (Phi) is 6.39. The molecule has 0 aromatic heterocycles. The van der Waals surface area contributed by atoms with Gasteiger partial charge in [-0.05, 0) is 32.6 Å². The smallest absolute Gasteiger partial charge is 0.0803 e. The van der Waals surface area contributed by atoms with E-state index in [4.69, 9.17) is 9.84 Å². The lowest BCUT2D eigenvalue weighted by molar-refractivity contribution is -0.0199. The summed E-state index contributed by atoms with van der Waals surface area (Å²) in [4.78, 5) is 0. The SMILES string of the molecule is CC(C)CCCOC(C)[C@H](C)O. The summed E-state index contributed by atoms with van der Waals surface area (Å²) in [5.74, 6) is 0.746. The third-order valence-electron chi connectivity index (χ3n) is 1.99. The summed E-state index contributed by atoms with van der Waals surface area (Å²) < 4.78 is 5.40. The standard InChI is InChI=1S/C10H22O2/c1-8(2)6-5-7-12-10(4)9(3)11/h8-11H,5-7H2,1-4H3/t9-,10?/m0/s1. The molecule has 0 saturated heterocycles. The molecule has 1 unspecified atom stereocenters. The van der Waals surface area contributed by atoms with E-state index in [1.807, 2.05) is 6.92 Å². The Morgan fingerprint density at radius 1 is 1.17 bits per heavy atom. The van der Waals surface area contributed by atoms with Crippen LogP contribution >= 0.6 is 0 Å². The molecule has 0 saturated carbocycles. The minimum Gasteiger partial charge on any atom is -0.391 e. The highest BCUT2D eigenvalue weighted by molar-refractivity contribution is 4.56. The van der Waals surface area contributed by atoms with Crippen LogP contribution in [0.15, 0.2) is 0 Å². The van der Waals surface area contributed by atoms with Crippen molar-refractivity contribution in [3.8, 4) is 0 Å². The molecule has 0 bridgehead atoms. The van der Waals surface area contributed by atoms with E-state index in [1.54, 1.807) is 6.92 Å². The number of aliphatic hydroxyl groups excluding tert-OH is 1. The van der Waals surface area contributed by atoms with Crippen LogP contribution in [-0.2, 0) is 4.74 Å². The number of ether oxygens (including phenoxy) is 1. The second kappa shape index (κ2) is 6.44. The van der Waals surface area contributed by atoms with Gasteiger partial charge in [0.1, 0.15) is 0 Å². The first kappa shape index (κ1) is 11.9. The van der Waals surface area contributed by atoms with Gasteiger partial charge < -0.3 is 9.84 Å². The predicted octanol–water partition coefficient (Wildman–Crippen LogP) is 2.21. The zero-order valence-corrected chi connectivity index (χ0v) is 8.71. The van der Waals surface area contributed by atoms with Gasteiger partial charge in [0.2, 0.25) is 0 Å². The Morgan fingerprint density at radius 2 is 1.75 bits per heavy atom. The first-order valence-corrected chi connectivity index (χ1v) is 4.83. The minimum atomic E-state index is -0.357. The molecule has 2 atom stereocenters. The van der Waals surface area contributed by atoms with Crippen molar-refractivity contribution in [2.75, 3.05) is 6.61 Å². The van der Waals surface area contributed by atoms with E-state index < -0.39 is 0 Å². The summed E-state index contributed by atoms with van der Waals surface area (Å²) in [5.41, 5.74) is 0. The minimum absolute atomic E-state index is 0.0304. The summed E-state index contributed by atoms with van der Waals surface area (Å²) in [5, 5.41) is 9.10. The summed E-state index contributed by atoms with van der Waals surface area (Å²) in [6.45, 7) is 8.84. The molecule has 12 heavy (non-hydrogen) atoms. The monoisotopic (exact) mass is 174 g/mol. The van der Waals surface area contributed by atoms with Gasteiger partial charge in [-0.15, -0.1) is 0 Å². The van der Waals surface area contributed by atoms with Crippen LogP contribution in [-0.4, -0.2) is 23.9 Å². The van der Waals surface area contributed by atoms with E-state index in [-0.39, 0.29) is 12.2 Å². The molecule has 0 radical (unpaired) electrons. The molecule has 0 rings (SSSR count). The Labute approximate surface area is 75.9 Å². The molecular formula is C10H22O2. The second-order valence-electron chi connectivity index (χ2n) is 3.85. The van der Waals surface area contributed by atoms with Crippen LogP contribution in [0.4, 0.5) is 0 Å². The van der Waals surface area contributed by atoms with Gasteiger partial charge in [-0.25, -0.2) is 0 Å². The molecule has 2 nitrogen and oxygen atoms in total. The largest absolute Gasteiger partial charge is 0.391 e. The molecule has 0 aliphatic rings. The summed E-state index contributed by atoms with van der Waals surface area (Å²) in [7, 11) is 0. The summed E-state index contributed by atoms with van der Waals surface area (Å²) in [6.07, 6.45) is 1.91. The number of hydrogen-bond donors (Lipinski definition) is 1. The van der Waals surface area contributed by atoms with E-state index in [0.29, 0.717) is 0 Å². The van der Waals surface area contributed by atoms with Gasteiger partial charge in [-0.3, -0.25) is 0 Å². The van der Waals surface area contributed by atoms with Crippen LogP contribution < -0.4 is 0 Å². The van der Waals surface area contributed by atoms with E-state index in [9.17, 15) is 0 Å². The molecule has 0 fully saturated rings. The highest BCUT2D eigenvalue weighted by Crippen LogP contribution is 2.05. The lowest BCUT2D eigenvalue weighted by Gasteiger charge is -2.15. The average Bonchev–Trinajstić information content (AvgIpc) is 1.97. The maximum atomic E-state index is 9.10. The van der Waals surface area contributed by atoms with E-state index >= 15 is 0 Å². The average molecular weight is 174 g/mol. The van der Waals surface area contributed by atoms with Crippen molar-refractivity contribution < 1.29 is 9.84 Å². The van der Waals surface area contributed by atoms with Crippen LogP contribution in [0.25, 0.3) is 0 Å². The zero-order chi connectivity index (χ0) is 9.56. The highest BCUT2D eigenvalue weighted by atomic mass is 16.5. The maximum Gasteiger partial charge on any atom is 0.0803 e. The van der Waals surface area contributed by atoms with E-state index in [0.717, 1.165) is 18.9 Å². The van der Waals surface area contributed by atoms with Gasteiger partial charge >= 0.3 is 0 Å².